The van der Waals surface area contributed by atoms with Gasteiger partial charge in [-0.1, -0.05) is 20.8 Å². The van der Waals surface area contributed by atoms with E-state index >= 15 is 0 Å². The van der Waals surface area contributed by atoms with E-state index in [0.717, 1.165) is 6.54 Å². The first-order valence-corrected chi connectivity index (χ1v) is 5.62. The number of nitrogens with one attached hydrogen (secondary N) is 1. The van der Waals surface area contributed by atoms with Crippen molar-refractivity contribution < 1.29 is 9.59 Å². The minimum Gasteiger partial charge on any atom is -0.342 e. The fourth-order valence-corrected chi connectivity index (χ4v) is 1.88. The summed E-state index contributed by atoms with van der Waals surface area (Å²) in [5.74, 6) is 5.27. The van der Waals surface area contributed by atoms with E-state index in [1.54, 1.807) is 4.90 Å². The van der Waals surface area contributed by atoms with Crippen molar-refractivity contribution in [2.45, 2.75) is 33.6 Å². The Morgan fingerprint density at radius 1 is 1.56 bits per heavy atom. The average Bonchev–Trinajstić information content (AvgIpc) is 2.56. The van der Waals surface area contributed by atoms with Gasteiger partial charge in [0.15, 0.2) is 0 Å². The second kappa shape index (κ2) is 4.82. The van der Waals surface area contributed by atoms with Gasteiger partial charge in [0, 0.05) is 25.9 Å². The zero-order valence-electron chi connectivity index (χ0n) is 10.2. The van der Waals surface area contributed by atoms with Crippen LogP contribution in [0.15, 0.2) is 0 Å². The summed E-state index contributed by atoms with van der Waals surface area (Å²) in [4.78, 5) is 24.4. The highest BCUT2D eigenvalue weighted by molar-refractivity contribution is 5.80. The highest BCUT2D eigenvalue weighted by Crippen LogP contribution is 2.34. The van der Waals surface area contributed by atoms with E-state index in [2.05, 4.69) is 26.2 Å². The molecule has 0 spiro atoms. The van der Waals surface area contributed by atoms with Gasteiger partial charge in [0.1, 0.15) is 0 Å². The van der Waals surface area contributed by atoms with Crippen LogP contribution in [0.2, 0.25) is 0 Å². The number of nitrogens with two attached hydrogens (primary N) is 1. The lowest BCUT2D eigenvalue weighted by atomic mass is 9.80. The van der Waals surface area contributed by atoms with Crippen molar-refractivity contribution in [1.82, 2.24) is 10.3 Å². The Morgan fingerprint density at radius 2 is 2.19 bits per heavy atom. The monoisotopic (exact) mass is 227 g/mol. The Labute approximate surface area is 96.3 Å². The third kappa shape index (κ3) is 3.20. The quantitative estimate of drug-likeness (QED) is 0.412. The first-order valence-electron chi connectivity index (χ1n) is 5.62. The van der Waals surface area contributed by atoms with Crippen LogP contribution in [0.3, 0.4) is 0 Å². The van der Waals surface area contributed by atoms with Crippen molar-refractivity contribution in [3.8, 4) is 0 Å². The zero-order chi connectivity index (χ0) is 12.3. The second-order valence-electron chi connectivity index (χ2n) is 5.42. The fourth-order valence-electron chi connectivity index (χ4n) is 1.88. The average molecular weight is 227 g/mol. The molecule has 16 heavy (non-hydrogen) atoms. The summed E-state index contributed by atoms with van der Waals surface area (Å²) in [7, 11) is 0. The second-order valence-corrected chi connectivity index (χ2v) is 5.42. The van der Waals surface area contributed by atoms with E-state index in [0.29, 0.717) is 18.9 Å². The number of carbonyl (C=O) groups is 2. The van der Waals surface area contributed by atoms with Gasteiger partial charge in [-0.2, -0.15) is 0 Å². The van der Waals surface area contributed by atoms with Crippen LogP contribution in [0.1, 0.15) is 33.6 Å². The standard InChI is InChI=1S/C11H21N3O2/c1-11(2,3)8-6-10(16)14(7-8)5-4-9(15)13-12/h8H,4-7,12H2,1-3H3,(H,13,15). The van der Waals surface area contributed by atoms with Gasteiger partial charge in [0.25, 0.3) is 0 Å². The van der Waals surface area contributed by atoms with E-state index in [1.807, 2.05) is 0 Å². The molecule has 1 heterocycles. The molecule has 2 amide bonds. The molecule has 0 aromatic rings. The molecule has 0 aliphatic carbocycles. The molecule has 1 saturated heterocycles. The Kier molecular flexibility index (Phi) is 3.91. The Morgan fingerprint density at radius 3 is 2.62 bits per heavy atom. The third-order valence-corrected chi connectivity index (χ3v) is 3.21. The van der Waals surface area contributed by atoms with Crippen LogP contribution < -0.4 is 11.3 Å². The molecule has 0 aromatic heterocycles. The first-order chi connectivity index (χ1) is 7.34. The minimum absolute atomic E-state index is 0.139. The van der Waals surface area contributed by atoms with Gasteiger partial charge in [0.05, 0.1) is 0 Å². The van der Waals surface area contributed by atoms with Gasteiger partial charge >= 0.3 is 0 Å². The third-order valence-electron chi connectivity index (χ3n) is 3.21. The van der Waals surface area contributed by atoms with Crippen LogP contribution in [0.4, 0.5) is 0 Å². The highest BCUT2D eigenvalue weighted by Gasteiger charge is 2.36. The van der Waals surface area contributed by atoms with E-state index in [4.69, 9.17) is 5.84 Å². The molecule has 5 nitrogen and oxygen atoms in total. The van der Waals surface area contributed by atoms with Crippen LogP contribution in [-0.2, 0) is 9.59 Å². The Bertz CT molecular complexity index is 283. The van der Waals surface area contributed by atoms with Crippen molar-refractivity contribution in [1.29, 1.82) is 0 Å². The molecule has 0 bridgehead atoms. The molecule has 1 unspecified atom stereocenters. The lowest BCUT2D eigenvalue weighted by Gasteiger charge is -2.26. The van der Waals surface area contributed by atoms with E-state index < -0.39 is 0 Å². The van der Waals surface area contributed by atoms with Crippen LogP contribution in [0, 0.1) is 11.3 Å². The topological polar surface area (TPSA) is 75.4 Å². The molecule has 1 aliphatic heterocycles. The summed E-state index contributed by atoms with van der Waals surface area (Å²) in [5, 5.41) is 0. The predicted octanol–water partition coefficient (Wildman–Crippen LogP) is 0.261. The van der Waals surface area contributed by atoms with Crippen LogP contribution >= 0.6 is 0 Å². The van der Waals surface area contributed by atoms with Gasteiger partial charge in [-0.3, -0.25) is 15.0 Å². The smallest absolute Gasteiger partial charge is 0.235 e. The maximum atomic E-state index is 11.7. The van der Waals surface area contributed by atoms with Gasteiger partial charge in [-0.15, -0.1) is 0 Å². The zero-order valence-corrected chi connectivity index (χ0v) is 10.2. The summed E-state index contributed by atoms with van der Waals surface area (Å²) in [5.41, 5.74) is 2.21. The van der Waals surface area contributed by atoms with Gasteiger partial charge in [0.2, 0.25) is 11.8 Å². The van der Waals surface area contributed by atoms with Crippen LogP contribution in [0.25, 0.3) is 0 Å². The normalized spacial score (nSPS) is 21.4. The molecular weight excluding hydrogens is 206 g/mol. The Hall–Kier alpha value is -1.10. The summed E-state index contributed by atoms with van der Waals surface area (Å²) >= 11 is 0. The Balaban J connectivity index is 2.46. The lowest BCUT2D eigenvalue weighted by molar-refractivity contribution is -0.128. The highest BCUT2D eigenvalue weighted by atomic mass is 16.2. The van der Waals surface area contributed by atoms with Gasteiger partial charge < -0.3 is 4.90 Å². The molecule has 0 radical (unpaired) electrons. The maximum Gasteiger partial charge on any atom is 0.235 e. The number of hydrazine groups is 1. The van der Waals surface area contributed by atoms with Gasteiger partial charge in [-0.05, 0) is 11.3 Å². The van der Waals surface area contributed by atoms with Crippen molar-refractivity contribution in [3.05, 3.63) is 0 Å². The molecule has 0 aromatic carbocycles. The number of hydrogen-bond acceptors (Lipinski definition) is 3. The molecule has 5 heteroatoms. The van der Waals surface area contributed by atoms with Crippen molar-refractivity contribution in [3.63, 3.8) is 0 Å². The summed E-state index contributed by atoms with van der Waals surface area (Å²) in [6, 6.07) is 0. The lowest BCUT2D eigenvalue weighted by Crippen LogP contribution is -2.35. The number of likely N-dealkylation sites (tertiary alicyclic amines) is 1. The molecule has 1 rings (SSSR count). The van der Waals surface area contributed by atoms with Crippen LogP contribution in [0.5, 0.6) is 0 Å². The molecule has 1 fully saturated rings. The number of nitrogens with zero attached hydrogens (tertiary/aromatic N) is 1. The molecule has 3 N–H and O–H groups in total. The van der Waals surface area contributed by atoms with E-state index in [-0.39, 0.29) is 23.7 Å². The number of hydrogen-bond donors (Lipinski definition) is 2. The number of rotatable bonds is 3. The largest absolute Gasteiger partial charge is 0.342 e. The number of amides is 2. The number of carbonyl (C=O) groups excluding carboxylic acids is 2. The molecule has 92 valence electrons. The summed E-state index contributed by atoms with van der Waals surface area (Å²) in [6.07, 6.45) is 0.868. The minimum atomic E-state index is -0.230. The van der Waals surface area contributed by atoms with Crippen molar-refractivity contribution >= 4 is 11.8 Å². The van der Waals surface area contributed by atoms with Crippen molar-refractivity contribution in [2.24, 2.45) is 17.2 Å². The van der Waals surface area contributed by atoms with E-state index in [9.17, 15) is 9.59 Å². The summed E-state index contributed by atoms with van der Waals surface area (Å²) in [6.45, 7) is 7.64. The van der Waals surface area contributed by atoms with Crippen molar-refractivity contribution in [2.75, 3.05) is 13.1 Å². The maximum absolute atomic E-state index is 11.7. The summed E-state index contributed by atoms with van der Waals surface area (Å²) < 4.78 is 0. The fraction of sp³-hybridized carbons (Fsp3) is 0.818. The molecule has 0 saturated carbocycles. The SMILES string of the molecule is CC(C)(C)C1CC(=O)N(CCC(=O)NN)C1. The molecule has 1 atom stereocenters. The molecular formula is C11H21N3O2. The van der Waals surface area contributed by atoms with Crippen LogP contribution in [-0.4, -0.2) is 29.8 Å². The van der Waals surface area contributed by atoms with Gasteiger partial charge in [-0.25, -0.2) is 5.84 Å². The molecule has 1 aliphatic rings. The predicted molar refractivity (Wildman–Crippen MR) is 61.1 cm³/mol. The first kappa shape index (κ1) is 13.0. The van der Waals surface area contributed by atoms with E-state index in [1.165, 1.54) is 0 Å².